The van der Waals surface area contributed by atoms with Crippen LogP contribution in [-0.4, -0.2) is 20.5 Å². The summed E-state index contributed by atoms with van der Waals surface area (Å²) < 4.78 is 28.2. The Bertz CT molecular complexity index is 619. The third-order valence-electron chi connectivity index (χ3n) is 4.93. The first-order valence-corrected chi connectivity index (χ1v) is 9.39. The van der Waals surface area contributed by atoms with Gasteiger partial charge < -0.3 is 5.73 Å². The SMILES string of the molecule is NCC1(NS(=O)(=O)c2ccc3c(c2)CCCC3)CCCC1. The predicted octanol–water partition coefficient (Wildman–Crippen LogP) is 2.12. The van der Waals surface area contributed by atoms with Crippen LogP contribution in [0.25, 0.3) is 0 Å². The molecular formula is C16H24N2O2S. The van der Waals surface area contributed by atoms with Crippen LogP contribution in [0, 0.1) is 0 Å². The van der Waals surface area contributed by atoms with E-state index in [1.165, 1.54) is 17.5 Å². The summed E-state index contributed by atoms with van der Waals surface area (Å²) in [6, 6.07) is 5.58. The summed E-state index contributed by atoms with van der Waals surface area (Å²) in [5.74, 6) is 0. The van der Waals surface area contributed by atoms with Crippen LogP contribution in [0.4, 0.5) is 0 Å². The van der Waals surface area contributed by atoms with Crippen molar-refractivity contribution in [3.8, 4) is 0 Å². The second-order valence-corrected chi connectivity index (χ2v) is 8.12. The van der Waals surface area contributed by atoms with Gasteiger partial charge >= 0.3 is 0 Å². The summed E-state index contributed by atoms with van der Waals surface area (Å²) >= 11 is 0. The molecule has 2 aliphatic carbocycles. The highest BCUT2D eigenvalue weighted by molar-refractivity contribution is 7.89. The van der Waals surface area contributed by atoms with Crippen molar-refractivity contribution < 1.29 is 8.42 Å². The van der Waals surface area contributed by atoms with Gasteiger partial charge in [0.2, 0.25) is 10.0 Å². The second kappa shape index (κ2) is 5.71. The molecule has 0 atom stereocenters. The van der Waals surface area contributed by atoms with Gasteiger partial charge in [-0.25, -0.2) is 13.1 Å². The molecule has 2 aliphatic rings. The van der Waals surface area contributed by atoms with Crippen molar-refractivity contribution >= 4 is 10.0 Å². The lowest BCUT2D eigenvalue weighted by Gasteiger charge is -2.28. The van der Waals surface area contributed by atoms with E-state index >= 15 is 0 Å². The van der Waals surface area contributed by atoms with E-state index in [-0.39, 0.29) is 0 Å². The number of hydrogen-bond acceptors (Lipinski definition) is 3. The van der Waals surface area contributed by atoms with E-state index in [2.05, 4.69) is 4.72 Å². The van der Waals surface area contributed by atoms with Crippen LogP contribution in [0.15, 0.2) is 23.1 Å². The topological polar surface area (TPSA) is 72.2 Å². The van der Waals surface area contributed by atoms with E-state index in [1.807, 2.05) is 12.1 Å². The molecule has 0 spiro atoms. The quantitative estimate of drug-likeness (QED) is 0.895. The van der Waals surface area contributed by atoms with Gasteiger partial charge in [0.05, 0.1) is 4.90 Å². The van der Waals surface area contributed by atoms with E-state index in [4.69, 9.17) is 5.73 Å². The van der Waals surface area contributed by atoms with Crippen molar-refractivity contribution in [3.63, 3.8) is 0 Å². The van der Waals surface area contributed by atoms with Crippen LogP contribution < -0.4 is 10.5 Å². The van der Waals surface area contributed by atoms with Crippen LogP contribution in [-0.2, 0) is 22.9 Å². The summed E-state index contributed by atoms with van der Waals surface area (Å²) in [4.78, 5) is 0.392. The lowest BCUT2D eigenvalue weighted by molar-refractivity contribution is 0.399. The highest BCUT2D eigenvalue weighted by Gasteiger charge is 2.36. The Balaban J connectivity index is 1.88. The Labute approximate surface area is 127 Å². The molecule has 1 aromatic carbocycles. The zero-order valence-corrected chi connectivity index (χ0v) is 13.2. The van der Waals surface area contributed by atoms with Crippen molar-refractivity contribution in [2.75, 3.05) is 6.54 Å². The summed E-state index contributed by atoms with van der Waals surface area (Å²) in [5, 5.41) is 0. The number of sulfonamides is 1. The molecule has 3 rings (SSSR count). The minimum Gasteiger partial charge on any atom is -0.329 e. The number of benzene rings is 1. The first kappa shape index (κ1) is 15.0. The lowest BCUT2D eigenvalue weighted by Crippen LogP contribution is -2.51. The normalized spacial score (nSPS) is 21.2. The fourth-order valence-corrected chi connectivity index (χ4v) is 5.14. The summed E-state index contributed by atoms with van der Waals surface area (Å²) in [6.45, 7) is 0.372. The summed E-state index contributed by atoms with van der Waals surface area (Å²) in [6.07, 6.45) is 8.18. The van der Waals surface area contributed by atoms with E-state index in [9.17, 15) is 8.42 Å². The zero-order chi connectivity index (χ0) is 14.9. The maximum absolute atomic E-state index is 12.7. The van der Waals surface area contributed by atoms with Gasteiger partial charge in [-0.15, -0.1) is 0 Å². The molecule has 0 bridgehead atoms. The average molecular weight is 308 g/mol. The Hall–Kier alpha value is -0.910. The number of nitrogens with two attached hydrogens (primary N) is 1. The second-order valence-electron chi connectivity index (χ2n) is 6.43. The van der Waals surface area contributed by atoms with Crippen LogP contribution in [0.5, 0.6) is 0 Å². The molecule has 4 nitrogen and oxygen atoms in total. The average Bonchev–Trinajstić information content (AvgIpc) is 2.95. The van der Waals surface area contributed by atoms with Crippen LogP contribution in [0.1, 0.15) is 49.7 Å². The Morgan fingerprint density at radius 3 is 2.38 bits per heavy atom. The van der Waals surface area contributed by atoms with Gasteiger partial charge in [-0.3, -0.25) is 0 Å². The molecule has 1 fully saturated rings. The van der Waals surface area contributed by atoms with Crippen molar-refractivity contribution in [2.24, 2.45) is 5.73 Å². The van der Waals surface area contributed by atoms with E-state index in [0.717, 1.165) is 44.9 Å². The molecule has 0 saturated heterocycles. The van der Waals surface area contributed by atoms with Gasteiger partial charge in [0.15, 0.2) is 0 Å². The highest BCUT2D eigenvalue weighted by atomic mass is 32.2. The molecule has 116 valence electrons. The monoisotopic (exact) mass is 308 g/mol. The fraction of sp³-hybridized carbons (Fsp3) is 0.625. The standard InChI is InChI=1S/C16H24N2O2S/c17-12-16(9-3-4-10-16)18-21(19,20)15-8-7-13-5-1-2-6-14(13)11-15/h7-8,11,18H,1-6,9-10,12,17H2. The number of rotatable bonds is 4. The van der Waals surface area contributed by atoms with Gasteiger partial charge in [-0.2, -0.15) is 0 Å². The molecule has 0 aliphatic heterocycles. The predicted molar refractivity (Wildman–Crippen MR) is 83.7 cm³/mol. The zero-order valence-electron chi connectivity index (χ0n) is 12.4. The number of aryl methyl sites for hydroxylation is 2. The lowest BCUT2D eigenvalue weighted by atomic mass is 9.92. The van der Waals surface area contributed by atoms with Gasteiger partial charge in [-0.1, -0.05) is 18.9 Å². The van der Waals surface area contributed by atoms with Gasteiger partial charge in [0, 0.05) is 12.1 Å². The molecule has 1 aromatic rings. The van der Waals surface area contributed by atoms with Crippen LogP contribution in [0.3, 0.4) is 0 Å². The molecule has 0 heterocycles. The third-order valence-corrected chi connectivity index (χ3v) is 6.51. The van der Waals surface area contributed by atoms with E-state index < -0.39 is 15.6 Å². The summed E-state index contributed by atoms with van der Waals surface area (Å²) in [7, 11) is -3.48. The van der Waals surface area contributed by atoms with E-state index in [0.29, 0.717) is 11.4 Å². The third kappa shape index (κ3) is 3.00. The minimum absolute atomic E-state index is 0.372. The van der Waals surface area contributed by atoms with Crippen molar-refractivity contribution in [3.05, 3.63) is 29.3 Å². The molecule has 3 N–H and O–H groups in total. The van der Waals surface area contributed by atoms with Crippen LogP contribution in [0.2, 0.25) is 0 Å². The Morgan fingerprint density at radius 1 is 1.05 bits per heavy atom. The maximum atomic E-state index is 12.7. The first-order chi connectivity index (χ1) is 10.0. The first-order valence-electron chi connectivity index (χ1n) is 7.91. The van der Waals surface area contributed by atoms with Gasteiger partial charge in [0.25, 0.3) is 0 Å². The minimum atomic E-state index is -3.48. The number of hydrogen-bond donors (Lipinski definition) is 2. The Kier molecular flexibility index (Phi) is 4.08. The molecule has 21 heavy (non-hydrogen) atoms. The molecule has 0 aromatic heterocycles. The fourth-order valence-electron chi connectivity index (χ4n) is 3.62. The molecule has 0 unspecified atom stereocenters. The van der Waals surface area contributed by atoms with Crippen molar-refractivity contribution in [1.82, 2.24) is 4.72 Å². The molecule has 5 heteroatoms. The van der Waals surface area contributed by atoms with Crippen molar-refractivity contribution in [2.45, 2.75) is 61.8 Å². The molecule has 0 radical (unpaired) electrons. The largest absolute Gasteiger partial charge is 0.329 e. The number of fused-ring (bicyclic) bond motifs is 1. The Morgan fingerprint density at radius 2 is 1.71 bits per heavy atom. The maximum Gasteiger partial charge on any atom is 0.241 e. The highest BCUT2D eigenvalue weighted by Crippen LogP contribution is 2.31. The molecule has 1 saturated carbocycles. The molecular weight excluding hydrogens is 284 g/mol. The van der Waals surface area contributed by atoms with Gasteiger partial charge in [-0.05, 0) is 61.8 Å². The van der Waals surface area contributed by atoms with Crippen molar-refractivity contribution in [1.29, 1.82) is 0 Å². The number of nitrogens with one attached hydrogen (secondary N) is 1. The van der Waals surface area contributed by atoms with Gasteiger partial charge in [0.1, 0.15) is 0 Å². The van der Waals surface area contributed by atoms with E-state index in [1.54, 1.807) is 6.07 Å². The van der Waals surface area contributed by atoms with Crippen LogP contribution >= 0.6 is 0 Å². The smallest absolute Gasteiger partial charge is 0.241 e. The summed E-state index contributed by atoms with van der Waals surface area (Å²) in [5.41, 5.74) is 7.89. The molecule has 0 amide bonds.